The molecule has 1 amide bonds. The van der Waals surface area contributed by atoms with Gasteiger partial charge in [-0.1, -0.05) is 24.3 Å². The molecule has 1 fully saturated rings. The minimum absolute atomic E-state index is 0.0924. The number of ether oxygens (including phenoxy) is 1. The number of carbonyl (C=O) groups is 1. The molecular formula is C22H27N5O2. The van der Waals surface area contributed by atoms with Gasteiger partial charge in [0.2, 0.25) is 11.9 Å². The SMILES string of the molecule is COc1ccc2cc([C@H](C)C(=O)Nc3nc(C4CCNCC4)nn3C)ccc2c1. The molecule has 0 spiro atoms. The average Bonchev–Trinajstić information content (AvgIpc) is 3.13. The van der Waals surface area contributed by atoms with E-state index >= 15 is 0 Å². The van der Waals surface area contributed by atoms with Crippen LogP contribution in [0.5, 0.6) is 5.75 Å². The molecule has 4 rings (SSSR count). The van der Waals surface area contributed by atoms with E-state index in [1.165, 1.54) is 0 Å². The summed E-state index contributed by atoms with van der Waals surface area (Å²) in [6.07, 6.45) is 2.05. The molecule has 2 aromatic carbocycles. The third-order valence-corrected chi connectivity index (χ3v) is 5.68. The zero-order valence-electron chi connectivity index (χ0n) is 17.1. The first-order valence-electron chi connectivity index (χ1n) is 10.1. The average molecular weight is 393 g/mol. The lowest BCUT2D eigenvalue weighted by molar-refractivity contribution is -0.117. The summed E-state index contributed by atoms with van der Waals surface area (Å²) in [6.45, 7) is 3.87. The fourth-order valence-electron chi connectivity index (χ4n) is 3.77. The number of carbonyl (C=O) groups excluding carboxylic acids is 1. The quantitative estimate of drug-likeness (QED) is 0.696. The Labute approximate surface area is 170 Å². The Bertz CT molecular complexity index is 1020. The second-order valence-corrected chi connectivity index (χ2v) is 7.62. The van der Waals surface area contributed by atoms with Crippen molar-refractivity contribution in [2.24, 2.45) is 7.05 Å². The van der Waals surface area contributed by atoms with Crippen LogP contribution in [0.3, 0.4) is 0 Å². The summed E-state index contributed by atoms with van der Waals surface area (Å²) in [5.74, 6) is 2.09. The highest BCUT2D eigenvalue weighted by molar-refractivity contribution is 5.95. The predicted molar refractivity (Wildman–Crippen MR) is 113 cm³/mol. The van der Waals surface area contributed by atoms with Gasteiger partial charge in [0.1, 0.15) is 5.75 Å². The summed E-state index contributed by atoms with van der Waals surface area (Å²) in [7, 11) is 3.48. The molecule has 0 radical (unpaired) electrons. The van der Waals surface area contributed by atoms with Gasteiger partial charge in [-0.3, -0.25) is 10.1 Å². The molecule has 1 aliphatic rings. The van der Waals surface area contributed by atoms with Crippen LogP contribution in [0.4, 0.5) is 5.95 Å². The maximum Gasteiger partial charge on any atom is 0.233 e. The number of rotatable bonds is 5. The van der Waals surface area contributed by atoms with Gasteiger partial charge in [0, 0.05) is 13.0 Å². The summed E-state index contributed by atoms with van der Waals surface area (Å²) in [4.78, 5) is 17.5. The molecule has 0 unspecified atom stereocenters. The molecule has 0 saturated carbocycles. The molecular weight excluding hydrogens is 366 g/mol. The minimum Gasteiger partial charge on any atom is -0.497 e. The molecule has 2 N–H and O–H groups in total. The van der Waals surface area contributed by atoms with Crippen molar-refractivity contribution in [3.05, 3.63) is 47.8 Å². The fraction of sp³-hybridized carbons (Fsp3) is 0.409. The normalized spacial score (nSPS) is 16.0. The Balaban J connectivity index is 1.49. The first-order chi connectivity index (χ1) is 14.0. The smallest absolute Gasteiger partial charge is 0.233 e. The Morgan fingerprint density at radius 3 is 2.69 bits per heavy atom. The van der Waals surface area contributed by atoms with E-state index in [0.717, 1.165) is 53.8 Å². The van der Waals surface area contributed by atoms with Crippen LogP contribution >= 0.6 is 0 Å². The Morgan fingerprint density at radius 2 is 1.93 bits per heavy atom. The van der Waals surface area contributed by atoms with Gasteiger partial charge in [0.05, 0.1) is 13.0 Å². The van der Waals surface area contributed by atoms with Gasteiger partial charge >= 0.3 is 0 Å². The van der Waals surface area contributed by atoms with Gasteiger partial charge in [-0.25, -0.2) is 4.68 Å². The van der Waals surface area contributed by atoms with Crippen LogP contribution in [0.15, 0.2) is 36.4 Å². The van der Waals surface area contributed by atoms with Crippen LogP contribution in [0.2, 0.25) is 0 Å². The van der Waals surface area contributed by atoms with Crippen molar-refractivity contribution < 1.29 is 9.53 Å². The molecule has 1 aromatic heterocycles. The number of benzene rings is 2. The monoisotopic (exact) mass is 393 g/mol. The van der Waals surface area contributed by atoms with Crippen molar-refractivity contribution in [2.75, 3.05) is 25.5 Å². The third kappa shape index (κ3) is 4.10. The molecule has 29 heavy (non-hydrogen) atoms. The van der Waals surface area contributed by atoms with Crippen molar-refractivity contribution in [1.29, 1.82) is 0 Å². The highest BCUT2D eigenvalue weighted by Crippen LogP contribution is 2.27. The summed E-state index contributed by atoms with van der Waals surface area (Å²) < 4.78 is 6.94. The van der Waals surface area contributed by atoms with Crippen LogP contribution in [0, 0.1) is 0 Å². The lowest BCUT2D eigenvalue weighted by atomic mass is 9.97. The van der Waals surface area contributed by atoms with Crippen LogP contribution in [0.1, 0.15) is 43.0 Å². The van der Waals surface area contributed by atoms with Crippen LogP contribution in [-0.4, -0.2) is 40.9 Å². The lowest BCUT2D eigenvalue weighted by Gasteiger charge is -2.19. The topological polar surface area (TPSA) is 81.1 Å². The number of anilines is 1. The zero-order chi connectivity index (χ0) is 20.4. The number of nitrogens with one attached hydrogen (secondary N) is 2. The standard InChI is InChI=1S/C22H27N5O2/c1-14(16-4-5-18-13-19(29-3)7-6-17(18)12-16)21(28)25-22-24-20(26-27(22)2)15-8-10-23-11-9-15/h4-7,12-15,23H,8-11H2,1-3H3,(H,24,25,26,28)/t14-/m0/s1. The number of nitrogens with zero attached hydrogens (tertiary/aromatic N) is 3. The molecule has 3 aromatic rings. The second-order valence-electron chi connectivity index (χ2n) is 7.62. The van der Waals surface area contributed by atoms with Gasteiger partial charge in [-0.15, -0.1) is 0 Å². The van der Waals surface area contributed by atoms with Crippen molar-refractivity contribution >= 4 is 22.6 Å². The molecule has 152 valence electrons. The molecule has 0 aliphatic carbocycles. The third-order valence-electron chi connectivity index (χ3n) is 5.68. The number of amides is 1. The number of methoxy groups -OCH3 is 1. The van der Waals surface area contributed by atoms with E-state index in [2.05, 4.69) is 26.8 Å². The van der Waals surface area contributed by atoms with Gasteiger partial charge in [0.25, 0.3) is 0 Å². The lowest BCUT2D eigenvalue weighted by Crippen LogP contribution is -2.27. The number of aromatic nitrogens is 3. The van der Waals surface area contributed by atoms with E-state index in [-0.39, 0.29) is 11.8 Å². The van der Waals surface area contributed by atoms with Crippen LogP contribution in [-0.2, 0) is 11.8 Å². The number of hydrogen-bond acceptors (Lipinski definition) is 5. The maximum atomic E-state index is 12.9. The maximum absolute atomic E-state index is 12.9. The molecule has 1 saturated heterocycles. The summed E-state index contributed by atoms with van der Waals surface area (Å²) >= 11 is 0. The fourth-order valence-corrected chi connectivity index (χ4v) is 3.77. The van der Waals surface area contributed by atoms with Crippen molar-refractivity contribution in [3.63, 3.8) is 0 Å². The van der Waals surface area contributed by atoms with E-state index in [1.807, 2.05) is 44.3 Å². The molecule has 0 bridgehead atoms. The largest absolute Gasteiger partial charge is 0.497 e. The molecule has 7 nitrogen and oxygen atoms in total. The van der Waals surface area contributed by atoms with Gasteiger partial charge in [-0.2, -0.15) is 10.1 Å². The van der Waals surface area contributed by atoms with Gasteiger partial charge in [0.15, 0.2) is 5.82 Å². The van der Waals surface area contributed by atoms with Crippen molar-refractivity contribution in [2.45, 2.75) is 31.6 Å². The molecule has 2 heterocycles. The molecule has 7 heteroatoms. The predicted octanol–water partition coefficient (Wildman–Crippen LogP) is 3.19. The highest BCUT2D eigenvalue weighted by Gasteiger charge is 2.23. The first kappa shape index (κ1) is 19.4. The minimum atomic E-state index is -0.305. The number of piperidine rings is 1. The number of hydrogen-bond donors (Lipinski definition) is 2. The van der Waals surface area contributed by atoms with Crippen molar-refractivity contribution in [3.8, 4) is 5.75 Å². The zero-order valence-corrected chi connectivity index (χ0v) is 17.1. The first-order valence-corrected chi connectivity index (χ1v) is 10.1. The highest BCUT2D eigenvalue weighted by atomic mass is 16.5. The van der Waals surface area contributed by atoms with E-state index < -0.39 is 0 Å². The summed E-state index contributed by atoms with van der Waals surface area (Å²) in [5, 5.41) is 13.0. The van der Waals surface area contributed by atoms with Crippen LogP contribution in [0.25, 0.3) is 10.8 Å². The second kappa shape index (κ2) is 8.21. The number of fused-ring (bicyclic) bond motifs is 1. The Morgan fingerprint density at radius 1 is 1.21 bits per heavy atom. The molecule has 1 aliphatic heterocycles. The van der Waals surface area contributed by atoms with Gasteiger partial charge < -0.3 is 10.1 Å². The van der Waals surface area contributed by atoms with Gasteiger partial charge in [-0.05, 0) is 61.3 Å². The van der Waals surface area contributed by atoms with E-state index in [0.29, 0.717) is 11.9 Å². The van der Waals surface area contributed by atoms with E-state index in [4.69, 9.17) is 4.74 Å². The van der Waals surface area contributed by atoms with Crippen molar-refractivity contribution in [1.82, 2.24) is 20.1 Å². The molecule has 1 atom stereocenters. The van der Waals surface area contributed by atoms with E-state index in [1.54, 1.807) is 11.8 Å². The number of aryl methyl sites for hydroxylation is 1. The Hall–Kier alpha value is -2.93. The summed E-state index contributed by atoms with van der Waals surface area (Å²) in [5.41, 5.74) is 0.959. The van der Waals surface area contributed by atoms with E-state index in [9.17, 15) is 4.79 Å². The Kier molecular flexibility index (Phi) is 5.49. The summed E-state index contributed by atoms with van der Waals surface area (Å²) in [6, 6.07) is 12.0. The van der Waals surface area contributed by atoms with Crippen LogP contribution < -0.4 is 15.4 Å².